The maximum atomic E-state index is 11.6. The number of aromatic nitrogens is 1. The quantitative estimate of drug-likeness (QED) is 0.768. The van der Waals surface area contributed by atoms with Gasteiger partial charge in [0.2, 0.25) is 0 Å². The molecule has 0 unspecified atom stereocenters. The van der Waals surface area contributed by atoms with E-state index in [4.69, 9.17) is 0 Å². The molecule has 2 aromatic rings. The zero-order valence-electron chi connectivity index (χ0n) is 14.0. The molecule has 0 bridgehead atoms. The molecule has 1 aliphatic heterocycles. The second kappa shape index (κ2) is 6.31. The fourth-order valence-electron chi connectivity index (χ4n) is 3.42. The van der Waals surface area contributed by atoms with Crippen LogP contribution in [0, 0.1) is 0 Å². The summed E-state index contributed by atoms with van der Waals surface area (Å²) in [6, 6.07) is 3.28. The summed E-state index contributed by atoms with van der Waals surface area (Å²) >= 11 is 0. The minimum absolute atomic E-state index is 0.182. The summed E-state index contributed by atoms with van der Waals surface area (Å²) < 4.78 is 24.7. The Kier molecular flexibility index (Phi) is 4.50. The highest BCUT2D eigenvalue weighted by Gasteiger charge is 2.30. The first-order valence-electron chi connectivity index (χ1n) is 8.31. The van der Waals surface area contributed by atoms with Crippen LogP contribution in [-0.2, 0) is 13.0 Å². The van der Waals surface area contributed by atoms with Crippen LogP contribution in [0.25, 0.3) is 10.9 Å². The molecule has 0 saturated carbocycles. The highest BCUT2D eigenvalue weighted by molar-refractivity contribution is 8.25. The molecule has 3 rings (SSSR count). The Labute approximate surface area is 143 Å². The van der Waals surface area contributed by atoms with Crippen LogP contribution in [0.1, 0.15) is 42.6 Å². The number of fused-ring (bicyclic) bond motifs is 1. The molecule has 24 heavy (non-hydrogen) atoms. The predicted molar refractivity (Wildman–Crippen MR) is 98.2 cm³/mol. The fraction of sp³-hybridized carbons (Fsp3) is 0.471. The summed E-state index contributed by atoms with van der Waals surface area (Å²) in [4.78, 5) is 11.6. The third-order valence-corrected chi connectivity index (χ3v) is 6.58. The van der Waals surface area contributed by atoms with Crippen LogP contribution >= 0.6 is 10.8 Å². The summed E-state index contributed by atoms with van der Waals surface area (Å²) in [6.07, 6.45) is 4.47. The lowest BCUT2D eigenvalue weighted by atomic mass is 10.1. The maximum absolute atomic E-state index is 11.6. The van der Waals surface area contributed by atoms with Crippen LogP contribution in [-0.4, -0.2) is 37.0 Å². The Morgan fingerprint density at radius 3 is 2.58 bits per heavy atom. The first-order chi connectivity index (χ1) is 11.4. The average molecular weight is 352 g/mol. The normalized spacial score (nSPS) is 18.8. The number of rotatable bonds is 4. The van der Waals surface area contributed by atoms with E-state index in [1.807, 2.05) is 20.0 Å². The van der Waals surface area contributed by atoms with E-state index in [1.54, 1.807) is 16.4 Å². The van der Waals surface area contributed by atoms with E-state index in [1.165, 1.54) is 0 Å². The van der Waals surface area contributed by atoms with Crippen molar-refractivity contribution in [2.75, 3.05) is 16.6 Å². The minimum Gasteiger partial charge on any atom is -0.478 e. The number of hydrogen-bond acceptors (Lipinski definition) is 4. The summed E-state index contributed by atoms with van der Waals surface area (Å²) in [5, 5.41) is 10.4. The summed E-state index contributed by atoms with van der Waals surface area (Å²) in [5.41, 5.74) is 2.76. The van der Waals surface area contributed by atoms with E-state index < -0.39 is 16.7 Å². The fourth-order valence-corrected chi connectivity index (χ4v) is 5.11. The van der Waals surface area contributed by atoms with Crippen molar-refractivity contribution in [3.63, 3.8) is 0 Å². The van der Waals surface area contributed by atoms with Gasteiger partial charge in [-0.3, -0.25) is 13.4 Å². The van der Waals surface area contributed by atoms with Crippen molar-refractivity contribution in [1.82, 2.24) is 4.57 Å². The van der Waals surface area contributed by atoms with E-state index in [9.17, 15) is 19.0 Å². The number of benzene rings is 1. The molecule has 1 aromatic carbocycles. The van der Waals surface area contributed by atoms with Gasteiger partial charge in [-0.15, -0.1) is 10.8 Å². The Morgan fingerprint density at radius 1 is 1.25 bits per heavy atom. The van der Waals surface area contributed by atoms with Gasteiger partial charge in [0, 0.05) is 24.7 Å². The molecular weight excluding hydrogens is 328 g/mol. The van der Waals surface area contributed by atoms with Crippen molar-refractivity contribution in [3.05, 3.63) is 29.5 Å². The van der Waals surface area contributed by atoms with Gasteiger partial charge in [-0.25, -0.2) is 4.79 Å². The lowest BCUT2D eigenvalue weighted by Gasteiger charge is -2.47. The third kappa shape index (κ3) is 2.76. The number of carboxylic acids is 1. The van der Waals surface area contributed by atoms with Crippen LogP contribution in [0.4, 0.5) is 5.69 Å². The van der Waals surface area contributed by atoms with E-state index >= 15 is 0 Å². The SMILES string of the molecule is CCc1cn(CC)c2c(N3CCCCS3(O)O)cc(C(=O)O)cc12. The molecule has 0 radical (unpaired) electrons. The van der Waals surface area contributed by atoms with Crippen molar-refractivity contribution < 1.29 is 19.0 Å². The second-order valence-electron chi connectivity index (χ2n) is 6.14. The lowest BCUT2D eigenvalue weighted by Crippen LogP contribution is -2.34. The standard InChI is InChI=1S/C17H24N2O4S/c1-3-12-11-18(4-2)16-14(12)9-13(17(20)21)10-15(16)19-7-5-6-8-24(19,22)23/h9-11,22-23H,3-8H2,1-2H3,(H,20,21). The van der Waals surface area contributed by atoms with Crippen molar-refractivity contribution in [2.24, 2.45) is 0 Å². The lowest BCUT2D eigenvalue weighted by molar-refractivity contribution is 0.0697. The van der Waals surface area contributed by atoms with Crippen molar-refractivity contribution in [3.8, 4) is 0 Å². The number of anilines is 1. The van der Waals surface area contributed by atoms with E-state index in [-0.39, 0.29) is 5.56 Å². The van der Waals surface area contributed by atoms with E-state index in [0.29, 0.717) is 18.0 Å². The largest absolute Gasteiger partial charge is 0.478 e. The van der Waals surface area contributed by atoms with E-state index in [2.05, 4.69) is 4.57 Å². The summed E-state index contributed by atoms with van der Waals surface area (Å²) in [6.45, 7) is 5.33. The zero-order chi connectivity index (χ0) is 17.5. The van der Waals surface area contributed by atoms with Gasteiger partial charge < -0.3 is 9.67 Å². The zero-order valence-corrected chi connectivity index (χ0v) is 14.8. The monoisotopic (exact) mass is 352 g/mol. The molecule has 1 aliphatic rings. The molecule has 1 aromatic heterocycles. The molecule has 1 saturated heterocycles. The van der Waals surface area contributed by atoms with Gasteiger partial charge >= 0.3 is 5.97 Å². The molecule has 132 valence electrons. The number of carbonyl (C=O) groups is 1. The van der Waals surface area contributed by atoms with Crippen LogP contribution in [0.15, 0.2) is 18.3 Å². The number of hydrogen-bond donors (Lipinski definition) is 3. The Morgan fingerprint density at radius 2 is 2.00 bits per heavy atom. The minimum atomic E-state index is -2.91. The average Bonchev–Trinajstić information content (AvgIpc) is 2.91. The highest BCUT2D eigenvalue weighted by atomic mass is 32.3. The Hall–Kier alpha value is -1.70. The summed E-state index contributed by atoms with van der Waals surface area (Å²) in [7, 11) is -2.91. The molecule has 0 aliphatic carbocycles. The molecule has 0 amide bonds. The first kappa shape index (κ1) is 17.1. The number of aromatic carboxylic acids is 1. The first-order valence-corrected chi connectivity index (χ1v) is 9.99. The highest BCUT2D eigenvalue weighted by Crippen LogP contribution is 2.51. The molecule has 1 fully saturated rings. The van der Waals surface area contributed by atoms with Gasteiger partial charge in [0.1, 0.15) is 0 Å². The van der Waals surface area contributed by atoms with Gasteiger partial charge in [0.25, 0.3) is 0 Å². The van der Waals surface area contributed by atoms with Crippen molar-refractivity contribution in [1.29, 1.82) is 0 Å². The topological polar surface area (TPSA) is 85.9 Å². The molecule has 0 spiro atoms. The predicted octanol–water partition coefficient (Wildman–Crippen LogP) is 4.19. The Balaban J connectivity index is 2.31. The van der Waals surface area contributed by atoms with Gasteiger partial charge in [0.15, 0.2) is 0 Å². The molecule has 0 atom stereocenters. The van der Waals surface area contributed by atoms with Crippen LogP contribution in [0.3, 0.4) is 0 Å². The van der Waals surface area contributed by atoms with Crippen LogP contribution < -0.4 is 4.31 Å². The third-order valence-electron chi connectivity index (χ3n) is 4.65. The van der Waals surface area contributed by atoms with E-state index in [0.717, 1.165) is 42.3 Å². The molecular formula is C17H24N2O4S. The number of carboxylic acid groups (broad SMARTS) is 1. The summed E-state index contributed by atoms with van der Waals surface area (Å²) in [5.74, 6) is -0.669. The molecule has 3 N–H and O–H groups in total. The maximum Gasteiger partial charge on any atom is 0.335 e. The smallest absolute Gasteiger partial charge is 0.335 e. The Bertz CT molecular complexity index is 784. The van der Waals surface area contributed by atoms with Gasteiger partial charge in [-0.05, 0) is 43.9 Å². The van der Waals surface area contributed by atoms with Crippen LogP contribution in [0.2, 0.25) is 0 Å². The van der Waals surface area contributed by atoms with Gasteiger partial charge in [0.05, 0.1) is 22.5 Å². The van der Waals surface area contributed by atoms with Crippen molar-refractivity contribution >= 4 is 33.3 Å². The molecule has 6 nitrogen and oxygen atoms in total. The van der Waals surface area contributed by atoms with Crippen LogP contribution in [0.5, 0.6) is 0 Å². The number of aryl methyl sites for hydroxylation is 2. The number of nitrogens with zero attached hydrogens (tertiary/aromatic N) is 2. The molecule has 2 heterocycles. The van der Waals surface area contributed by atoms with Crippen molar-refractivity contribution in [2.45, 2.75) is 39.7 Å². The van der Waals surface area contributed by atoms with Gasteiger partial charge in [-0.1, -0.05) is 6.92 Å². The van der Waals surface area contributed by atoms with Gasteiger partial charge in [-0.2, -0.15) is 0 Å². The second-order valence-corrected chi connectivity index (χ2v) is 8.25. The molecule has 7 heteroatoms.